The maximum absolute atomic E-state index is 13.8. The standard InChI is InChI=1S/2C20H20ClF2N3O2/c21-14-3-1-2-13(10-14)11-18(24)20(28)26-8-6-25(7-9-26)19(27)16-12-15(22)4-5-17(16)23;21-16-4-2-1-3-13(16)11-18(24)20(28)26-9-7-25(8-10-26)19(27)15-12-14(22)5-6-17(15)23/h1-5,10,12,18H,6-9,11,24H2;1-6,12,18H,7-11,24H2. The van der Waals surface area contributed by atoms with Crippen molar-refractivity contribution in [2.24, 2.45) is 11.5 Å². The maximum atomic E-state index is 13.8. The van der Waals surface area contributed by atoms with E-state index in [-0.39, 0.29) is 75.3 Å². The second kappa shape index (κ2) is 19.2. The van der Waals surface area contributed by atoms with Crippen LogP contribution in [0.1, 0.15) is 31.8 Å². The number of piperazine rings is 2. The average molecular weight is 816 g/mol. The van der Waals surface area contributed by atoms with Gasteiger partial charge in [0, 0.05) is 62.4 Å². The van der Waals surface area contributed by atoms with Crippen LogP contribution in [0.15, 0.2) is 84.9 Å². The minimum atomic E-state index is -0.772. The van der Waals surface area contributed by atoms with Gasteiger partial charge in [-0.2, -0.15) is 0 Å². The lowest BCUT2D eigenvalue weighted by atomic mass is 10.0. The number of halogens is 6. The van der Waals surface area contributed by atoms with Gasteiger partial charge in [0.25, 0.3) is 11.8 Å². The summed E-state index contributed by atoms with van der Waals surface area (Å²) < 4.78 is 54.3. The van der Waals surface area contributed by atoms with E-state index in [2.05, 4.69) is 0 Å². The molecule has 4 aromatic carbocycles. The van der Waals surface area contributed by atoms with Crippen molar-refractivity contribution in [3.63, 3.8) is 0 Å². The van der Waals surface area contributed by atoms with Gasteiger partial charge < -0.3 is 31.1 Å². The third-order valence-corrected chi connectivity index (χ3v) is 10.1. The number of carbonyl (C=O) groups is 4. The number of hydrogen-bond donors (Lipinski definition) is 2. The maximum Gasteiger partial charge on any atom is 0.257 e. The normalized spacial score (nSPS) is 15.4. The van der Waals surface area contributed by atoms with E-state index in [0.717, 1.165) is 47.5 Å². The predicted octanol–water partition coefficient (Wildman–Crippen LogP) is 4.95. The minimum absolute atomic E-state index is 0.219. The smallest absolute Gasteiger partial charge is 0.257 e. The van der Waals surface area contributed by atoms with Crippen molar-refractivity contribution >= 4 is 46.8 Å². The molecule has 2 aliphatic rings. The predicted molar refractivity (Wildman–Crippen MR) is 204 cm³/mol. The molecule has 4 aromatic rings. The van der Waals surface area contributed by atoms with Gasteiger partial charge in [0.2, 0.25) is 11.8 Å². The Balaban J connectivity index is 0.000000214. The molecule has 4 amide bonds. The van der Waals surface area contributed by atoms with Crippen LogP contribution in [0.4, 0.5) is 17.6 Å². The van der Waals surface area contributed by atoms with Crippen molar-refractivity contribution in [1.82, 2.24) is 19.6 Å². The summed E-state index contributed by atoms with van der Waals surface area (Å²) in [7, 11) is 0. The van der Waals surface area contributed by atoms with Crippen molar-refractivity contribution in [2.75, 3.05) is 52.4 Å². The van der Waals surface area contributed by atoms with Gasteiger partial charge >= 0.3 is 0 Å². The van der Waals surface area contributed by atoms with E-state index in [4.69, 9.17) is 34.7 Å². The molecular formula is C40H40Cl2F4N6O4. The van der Waals surface area contributed by atoms with Crippen LogP contribution in [0.25, 0.3) is 0 Å². The van der Waals surface area contributed by atoms with E-state index >= 15 is 0 Å². The molecule has 0 spiro atoms. The topological polar surface area (TPSA) is 133 Å². The van der Waals surface area contributed by atoms with Gasteiger partial charge in [0.1, 0.15) is 23.3 Å². The first-order valence-electron chi connectivity index (χ1n) is 17.8. The summed E-state index contributed by atoms with van der Waals surface area (Å²) in [6.07, 6.45) is 0.666. The number of nitrogens with zero attached hydrogens (tertiary/aromatic N) is 4. The molecule has 0 radical (unpaired) electrons. The third kappa shape index (κ3) is 10.8. The highest BCUT2D eigenvalue weighted by molar-refractivity contribution is 6.31. The number of nitrogens with two attached hydrogens (primary N) is 2. The molecule has 2 fully saturated rings. The first kappa shape index (κ1) is 42.1. The summed E-state index contributed by atoms with van der Waals surface area (Å²) in [5.74, 6) is -4.53. The van der Waals surface area contributed by atoms with Gasteiger partial charge in [0.05, 0.1) is 23.2 Å². The molecule has 2 aliphatic heterocycles. The Bertz CT molecular complexity index is 2060. The second-order valence-corrected chi connectivity index (χ2v) is 14.2. The molecular weight excluding hydrogens is 775 g/mol. The van der Waals surface area contributed by atoms with E-state index in [0.29, 0.717) is 22.9 Å². The van der Waals surface area contributed by atoms with Crippen LogP contribution >= 0.6 is 23.2 Å². The summed E-state index contributed by atoms with van der Waals surface area (Å²) in [6, 6.07) is 18.4. The highest BCUT2D eigenvalue weighted by atomic mass is 35.5. The zero-order valence-corrected chi connectivity index (χ0v) is 31.7. The molecule has 6 rings (SSSR count). The van der Waals surface area contributed by atoms with E-state index in [1.54, 1.807) is 40.1 Å². The number of benzene rings is 4. The van der Waals surface area contributed by atoms with Gasteiger partial charge in [0.15, 0.2) is 0 Å². The molecule has 2 unspecified atom stereocenters. The molecule has 2 heterocycles. The third-order valence-electron chi connectivity index (χ3n) is 9.45. The Hall–Kier alpha value is -5.02. The lowest BCUT2D eigenvalue weighted by molar-refractivity contribution is -0.134. The first-order chi connectivity index (χ1) is 26.7. The molecule has 0 aliphatic carbocycles. The van der Waals surface area contributed by atoms with E-state index in [9.17, 15) is 36.7 Å². The monoisotopic (exact) mass is 814 g/mol. The van der Waals surface area contributed by atoms with Crippen molar-refractivity contribution in [3.05, 3.63) is 140 Å². The summed E-state index contributed by atoms with van der Waals surface area (Å²) >= 11 is 12.1. The van der Waals surface area contributed by atoms with E-state index in [1.807, 2.05) is 18.2 Å². The van der Waals surface area contributed by atoms with Gasteiger partial charge in [-0.15, -0.1) is 0 Å². The van der Waals surface area contributed by atoms with Crippen molar-refractivity contribution < 1.29 is 36.7 Å². The molecule has 56 heavy (non-hydrogen) atoms. The quantitative estimate of drug-likeness (QED) is 0.242. The Labute approximate surface area is 331 Å². The average Bonchev–Trinajstić information content (AvgIpc) is 3.20. The lowest BCUT2D eigenvalue weighted by Crippen LogP contribution is -2.54. The van der Waals surface area contributed by atoms with Crippen LogP contribution in [-0.2, 0) is 22.4 Å². The van der Waals surface area contributed by atoms with Gasteiger partial charge in [-0.1, -0.05) is 53.5 Å². The first-order valence-corrected chi connectivity index (χ1v) is 18.5. The number of hydrogen-bond acceptors (Lipinski definition) is 6. The van der Waals surface area contributed by atoms with Crippen molar-refractivity contribution in [2.45, 2.75) is 24.9 Å². The minimum Gasteiger partial charge on any atom is -0.338 e. The largest absolute Gasteiger partial charge is 0.338 e. The molecule has 4 N–H and O–H groups in total. The fraction of sp³-hybridized carbons (Fsp3) is 0.300. The Morgan fingerprint density at radius 1 is 0.554 bits per heavy atom. The summed E-state index contributed by atoms with van der Waals surface area (Å²) in [5.41, 5.74) is 13.1. The summed E-state index contributed by atoms with van der Waals surface area (Å²) in [5, 5.41) is 1.13. The molecule has 2 saturated heterocycles. The number of carbonyl (C=O) groups excluding carboxylic acids is 4. The highest BCUT2D eigenvalue weighted by Gasteiger charge is 2.30. The van der Waals surface area contributed by atoms with E-state index < -0.39 is 47.2 Å². The van der Waals surface area contributed by atoms with E-state index in [1.165, 1.54) is 9.80 Å². The van der Waals surface area contributed by atoms with Crippen molar-refractivity contribution in [1.29, 1.82) is 0 Å². The SMILES string of the molecule is NC(Cc1cccc(Cl)c1)C(=O)N1CCN(C(=O)c2cc(F)ccc2F)CC1.NC(Cc1ccccc1Cl)C(=O)N1CCN(C(=O)c2cc(F)ccc2F)CC1. The molecule has 16 heteroatoms. The van der Waals surface area contributed by atoms with Crippen LogP contribution in [0.5, 0.6) is 0 Å². The fourth-order valence-corrected chi connectivity index (χ4v) is 6.81. The van der Waals surface area contributed by atoms with Crippen LogP contribution < -0.4 is 11.5 Å². The highest BCUT2D eigenvalue weighted by Crippen LogP contribution is 2.19. The molecule has 0 aromatic heterocycles. The molecule has 0 saturated carbocycles. The Morgan fingerprint density at radius 3 is 1.46 bits per heavy atom. The number of rotatable bonds is 8. The zero-order chi connectivity index (χ0) is 40.5. The Kier molecular flexibility index (Phi) is 14.5. The second-order valence-electron chi connectivity index (χ2n) is 13.3. The van der Waals surface area contributed by atoms with Crippen molar-refractivity contribution in [3.8, 4) is 0 Å². The van der Waals surface area contributed by atoms with Gasteiger partial charge in [-0.05, 0) is 78.6 Å². The van der Waals surface area contributed by atoms with Crippen LogP contribution in [0, 0.1) is 23.3 Å². The summed E-state index contributed by atoms with van der Waals surface area (Å²) in [4.78, 5) is 56.0. The fourth-order valence-electron chi connectivity index (χ4n) is 6.39. The van der Waals surface area contributed by atoms with Crippen LogP contribution in [0.2, 0.25) is 10.0 Å². The lowest BCUT2D eigenvalue weighted by Gasteiger charge is -2.36. The van der Waals surface area contributed by atoms with Gasteiger partial charge in [-0.25, -0.2) is 17.6 Å². The molecule has 296 valence electrons. The molecule has 10 nitrogen and oxygen atoms in total. The summed E-state index contributed by atoms with van der Waals surface area (Å²) in [6.45, 7) is 2.01. The van der Waals surface area contributed by atoms with Crippen LogP contribution in [-0.4, -0.2) is 108 Å². The zero-order valence-electron chi connectivity index (χ0n) is 30.2. The molecule has 2 atom stereocenters. The number of amides is 4. The van der Waals surface area contributed by atoms with Gasteiger partial charge in [-0.3, -0.25) is 19.2 Å². The van der Waals surface area contributed by atoms with Crippen LogP contribution in [0.3, 0.4) is 0 Å². The Morgan fingerprint density at radius 2 is 1.00 bits per heavy atom. The molecule has 0 bridgehead atoms.